The second-order valence-electron chi connectivity index (χ2n) is 5.32. The van der Waals surface area contributed by atoms with Crippen molar-refractivity contribution in [2.45, 2.75) is 25.7 Å². The zero-order chi connectivity index (χ0) is 15.5. The standard InChI is InChI=1S/C14H18N6O2/c1-9-16-14(22-19-9)10-4-3-7-20(8-10)12-6-5-11(17-18-12)13(21)15-2/h5-6,10H,3-4,7-8H2,1-2H3,(H,15,21)/t10-/m0/s1. The molecule has 3 heterocycles. The molecule has 22 heavy (non-hydrogen) atoms. The van der Waals surface area contributed by atoms with Gasteiger partial charge in [0.1, 0.15) is 0 Å². The Balaban J connectivity index is 1.73. The van der Waals surface area contributed by atoms with Gasteiger partial charge in [-0.2, -0.15) is 4.98 Å². The van der Waals surface area contributed by atoms with Gasteiger partial charge in [-0.25, -0.2) is 0 Å². The summed E-state index contributed by atoms with van der Waals surface area (Å²) in [6.07, 6.45) is 2.03. The van der Waals surface area contributed by atoms with Crippen molar-refractivity contribution in [1.29, 1.82) is 0 Å². The number of carbonyl (C=O) groups excluding carboxylic acids is 1. The number of piperidine rings is 1. The van der Waals surface area contributed by atoms with Gasteiger partial charge < -0.3 is 14.7 Å². The largest absolute Gasteiger partial charge is 0.354 e. The molecule has 0 saturated carbocycles. The first-order valence-electron chi connectivity index (χ1n) is 7.28. The highest BCUT2D eigenvalue weighted by molar-refractivity contribution is 5.91. The minimum absolute atomic E-state index is 0.204. The molecule has 0 spiro atoms. The fourth-order valence-corrected chi connectivity index (χ4v) is 2.61. The molecule has 1 aliphatic heterocycles. The maximum atomic E-state index is 11.5. The molecule has 1 amide bonds. The molecule has 0 radical (unpaired) electrons. The van der Waals surface area contributed by atoms with Gasteiger partial charge in [-0.1, -0.05) is 5.16 Å². The molecule has 1 saturated heterocycles. The van der Waals surface area contributed by atoms with E-state index in [-0.39, 0.29) is 11.8 Å². The van der Waals surface area contributed by atoms with Crippen molar-refractivity contribution in [3.8, 4) is 0 Å². The number of amides is 1. The van der Waals surface area contributed by atoms with Crippen molar-refractivity contribution in [2.75, 3.05) is 25.0 Å². The van der Waals surface area contributed by atoms with Gasteiger partial charge in [-0.05, 0) is 31.9 Å². The number of nitrogens with one attached hydrogen (secondary N) is 1. The summed E-state index contributed by atoms with van der Waals surface area (Å²) in [5.74, 6) is 2.06. The maximum Gasteiger partial charge on any atom is 0.271 e. The fraction of sp³-hybridized carbons (Fsp3) is 0.500. The number of aromatic nitrogens is 4. The van der Waals surface area contributed by atoms with Crippen molar-refractivity contribution >= 4 is 11.7 Å². The summed E-state index contributed by atoms with van der Waals surface area (Å²) >= 11 is 0. The van der Waals surface area contributed by atoms with Gasteiger partial charge in [-0.3, -0.25) is 4.79 Å². The summed E-state index contributed by atoms with van der Waals surface area (Å²) in [6.45, 7) is 3.48. The van der Waals surface area contributed by atoms with E-state index in [2.05, 4.69) is 30.6 Å². The number of hydrogen-bond donors (Lipinski definition) is 1. The van der Waals surface area contributed by atoms with Crippen LogP contribution in [0.4, 0.5) is 5.82 Å². The molecule has 0 unspecified atom stereocenters. The third kappa shape index (κ3) is 2.90. The van der Waals surface area contributed by atoms with E-state index in [9.17, 15) is 4.79 Å². The first-order valence-corrected chi connectivity index (χ1v) is 7.28. The van der Waals surface area contributed by atoms with Crippen molar-refractivity contribution in [1.82, 2.24) is 25.7 Å². The lowest BCUT2D eigenvalue weighted by molar-refractivity contribution is 0.0957. The third-order valence-electron chi connectivity index (χ3n) is 3.75. The van der Waals surface area contributed by atoms with Crippen LogP contribution in [0.25, 0.3) is 0 Å². The summed E-state index contributed by atoms with van der Waals surface area (Å²) in [7, 11) is 1.57. The Morgan fingerprint density at radius 2 is 2.27 bits per heavy atom. The summed E-state index contributed by atoms with van der Waals surface area (Å²) in [4.78, 5) is 17.9. The van der Waals surface area contributed by atoms with Crippen LogP contribution in [0.2, 0.25) is 0 Å². The van der Waals surface area contributed by atoms with E-state index in [1.54, 1.807) is 13.1 Å². The Labute approximate surface area is 127 Å². The normalized spacial score (nSPS) is 18.3. The topological polar surface area (TPSA) is 97.0 Å². The average molecular weight is 302 g/mol. The van der Waals surface area contributed by atoms with Gasteiger partial charge in [0.2, 0.25) is 5.89 Å². The van der Waals surface area contributed by atoms with Gasteiger partial charge in [0.25, 0.3) is 5.91 Å². The molecule has 1 N–H and O–H groups in total. The molecule has 116 valence electrons. The molecule has 0 bridgehead atoms. The predicted molar refractivity (Wildman–Crippen MR) is 78.6 cm³/mol. The van der Waals surface area contributed by atoms with Crippen molar-refractivity contribution in [2.24, 2.45) is 0 Å². The lowest BCUT2D eigenvalue weighted by atomic mass is 9.98. The van der Waals surface area contributed by atoms with Crippen LogP contribution in [-0.2, 0) is 0 Å². The molecule has 2 aromatic rings. The van der Waals surface area contributed by atoms with Crippen LogP contribution >= 0.6 is 0 Å². The minimum Gasteiger partial charge on any atom is -0.354 e. The monoisotopic (exact) mass is 302 g/mol. The quantitative estimate of drug-likeness (QED) is 0.900. The summed E-state index contributed by atoms with van der Waals surface area (Å²) < 4.78 is 5.28. The summed E-state index contributed by atoms with van der Waals surface area (Å²) in [5, 5.41) is 14.5. The molecule has 8 heteroatoms. The first kappa shape index (κ1) is 14.4. The fourth-order valence-electron chi connectivity index (χ4n) is 2.61. The van der Waals surface area contributed by atoms with E-state index >= 15 is 0 Å². The van der Waals surface area contributed by atoms with E-state index < -0.39 is 0 Å². The third-order valence-corrected chi connectivity index (χ3v) is 3.75. The molecule has 2 aromatic heterocycles. The molecule has 0 aliphatic carbocycles. The number of anilines is 1. The molecular weight excluding hydrogens is 284 g/mol. The molecule has 8 nitrogen and oxygen atoms in total. The van der Waals surface area contributed by atoms with Crippen LogP contribution in [0.15, 0.2) is 16.7 Å². The van der Waals surface area contributed by atoms with Crippen LogP contribution < -0.4 is 10.2 Å². The molecule has 1 aliphatic rings. The smallest absolute Gasteiger partial charge is 0.271 e. The predicted octanol–water partition coefficient (Wildman–Crippen LogP) is 0.912. The highest BCUT2D eigenvalue weighted by Crippen LogP contribution is 2.27. The number of nitrogens with zero attached hydrogens (tertiary/aromatic N) is 5. The minimum atomic E-state index is -0.239. The first-order chi connectivity index (χ1) is 10.7. The molecular formula is C14H18N6O2. The second-order valence-corrected chi connectivity index (χ2v) is 5.32. The molecule has 1 fully saturated rings. The van der Waals surface area contributed by atoms with E-state index in [0.717, 1.165) is 31.7 Å². The summed E-state index contributed by atoms with van der Waals surface area (Å²) in [5.41, 5.74) is 0.312. The Kier molecular flexibility index (Phi) is 3.99. The van der Waals surface area contributed by atoms with Gasteiger partial charge in [0.05, 0.1) is 5.92 Å². The maximum absolute atomic E-state index is 11.5. The van der Waals surface area contributed by atoms with Crippen LogP contribution in [0.3, 0.4) is 0 Å². The van der Waals surface area contributed by atoms with Crippen LogP contribution in [0.1, 0.15) is 41.0 Å². The average Bonchev–Trinajstić information content (AvgIpc) is 3.01. The van der Waals surface area contributed by atoms with Crippen molar-refractivity contribution < 1.29 is 9.32 Å². The van der Waals surface area contributed by atoms with Crippen molar-refractivity contribution in [3.63, 3.8) is 0 Å². The lowest BCUT2D eigenvalue weighted by Crippen LogP contribution is -2.35. The zero-order valence-electron chi connectivity index (χ0n) is 12.6. The Hall–Kier alpha value is -2.51. The van der Waals surface area contributed by atoms with Crippen LogP contribution in [-0.4, -0.2) is 46.4 Å². The molecule has 0 aromatic carbocycles. The molecule has 1 atom stereocenters. The number of aryl methyl sites for hydroxylation is 1. The van der Waals surface area contributed by atoms with E-state index in [0.29, 0.717) is 17.4 Å². The zero-order valence-corrected chi connectivity index (χ0v) is 12.6. The Bertz CT molecular complexity index is 654. The summed E-state index contributed by atoms with van der Waals surface area (Å²) in [6, 6.07) is 3.50. The number of rotatable bonds is 3. The second kappa shape index (κ2) is 6.08. The highest BCUT2D eigenvalue weighted by Gasteiger charge is 2.26. The van der Waals surface area contributed by atoms with Crippen molar-refractivity contribution in [3.05, 3.63) is 29.5 Å². The van der Waals surface area contributed by atoms with Gasteiger partial charge in [0, 0.05) is 20.1 Å². The highest BCUT2D eigenvalue weighted by atomic mass is 16.5. The van der Waals surface area contributed by atoms with E-state index in [4.69, 9.17) is 4.52 Å². The molecule has 3 rings (SSSR count). The van der Waals surface area contributed by atoms with Crippen LogP contribution in [0, 0.1) is 6.92 Å². The SMILES string of the molecule is CNC(=O)c1ccc(N2CCC[C@H](c3nc(C)no3)C2)nn1. The van der Waals surface area contributed by atoms with Gasteiger partial charge >= 0.3 is 0 Å². The number of carbonyl (C=O) groups is 1. The lowest BCUT2D eigenvalue weighted by Gasteiger charge is -2.31. The van der Waals surface area contributed by atoms with Crippen LogP contribution in [0.5, 0.6) is 0 Å². The van der Waals surface area contributed by atoms with E-state index in [1.165, 1.54) is 0 Å². The van der Waals surface area contributed by atoms with E-state index in [1.807, 2.05) is 13.0 Å². The Morgan fingerprint density at radius 1 is 1.41 bits per heavy atom. The number of hydrogen-bond acceptors (Lipinski definition) is 7. The van der Waals surface area contributed by atoms with Gasteiger partial charge in [-0.15, -0.1) is 10.2 Å². The Morgan fingerprint density at radius 3 is 2.91 bits per heavy atom. The van der Waals surface area contributed by atoms with Gasteiger partial charge in [0.15, 0.2) is 17.3 Å².